The van der Waals surface area contributed by atoms with E-state index in [0.717, 1.165) is 12.8 Å². The lowest BCUT2D eigenvalue weighted by atomic mass is 9.71. The summed E-state index contributed by atoms with van der Waals surface area (Å²) in [4.78, 5) is 0. The summed E-state index contributed by atoms with van der Waals surface area (Å²) < 4.78 is 11.5. The van der Waals surface area contributed by atoms with E-state index in [0.29, 0.717) is 32.0 Å². The van der Waals surface area contributed by atoms with Gasteiger partial charge in [0.2, 0.25) is 0 Å². The van der Waals surface area contributed by atoms with E-state index in [9.17, 15) is 10.2 Å². The van der Waals surface area contributed by atoms with E-state index in [-0.39, 0.29) is 5.92 Å². The molecule has 2 saturated carbocycles. The molecule has 1 saturated heterocycles. The van der Waals surface area contributed by atoms with Gasteiger partial charge in [-0.25, -0.2) is 0 Å². The van der Waals surface area contributed by atoms with Gasteiger partial charge < -0.3 is 19.7 Å². The molecule has 0 aromatic heterocycles. The third-order valence-electron chi connectivity index (χ3n) is 4.64. The van der Waals surface area contributed by atoms with Crippen LogP contribution in [-0.4, -0.2) is 40.9 Å². The van der Waals surface area contributed by atoms with Crippen molar-refractivity contribution in [3.05, 3.63) is 0 Å². The Morgan fingerprint density at radius 2 is 1.94 bits per heavy atom. The molecule has 0 unspecified atom stereocenters. The number of hydrogen-bond acceptors (Lipinski definition) is 4. The minimum atomic E-state index is -0.939. The molecule has 4 nitrogen and oxygen atoms in total. The van der Waals surface area contributed by atoms with Crippen molar-refractivity contribution in [2.75, 3.05) is 13.2 Å². The van der Waals surface area contributed by atoms with Gasteiger partial charge in [-0.2, -0.15) is 0 Å². The van der Waals surface area contributed by atoms with E-state index < -0.39 is 17.5 Å². The Kier molecular flexibility index (Phi) is 2.34. The maximum atomic E-state index is 10.1. The third kappa shape index (κ3) is 1.44. The quantitative estimate of drug-likeness (QED) is 0.639. The SMILES string of the molecule is C[C@]1(O)C[C@@H]2CCC3(OCCO3)[C@@H]2C[C@H]1O. The smallest absolute Gasteiger partial charge is 0.171 e. The van der Waals surface area contributed by atoms with Crippen LogP contribution in [0, 0.1) is 11.8 Å². The number of hydrogen-bond donors (Lipinski definition) is 2. The van der Waals surface area contributed by atoms with Gasteiger partial charge in [0.15, 0.2) is 5.79 Å². The first-order valence-electron chi connectivity index (χ1n) is 6.22. The maximum Gasteiger partial charge on any atom is 0.171 e. The largest absolute Gasteiger partial charge is 0.390 e. The molecule has 4 atom stereocenters. The summed E-state index contributed by atoms with van der Waals surface area (Å²) in [5, 5.41) is 20.1. The summed E-state index contributed by atoms with van der Waals surface area (Å²) in [5.41, 5.74) is -0.939. The summed E-state index contributed by atoms with van der Waals surface area (Å²) in [6, 6.07) is 0. The predicted molar refractivity (Wildman–Crippen MR) is 56.7 cm³/mol. The third-order valence-corrected chi connectivity index (χ3v) is 4.64. The highest BCUT2D eigenvalue weighted by molar-refractivity contribution is 5.03. The molecular formula is C12H20O4. The topological polar surface area (TPSA) is 58.9 Å². The molecule has 0 amide bonds. The van der Waals surface area contributed by atoms with E-state index in [1.165, 1.54) is 0 Å². The average molecular weight is 228 g/mol. The van der Waals surface area contributed by atoms with Crippen LogP contribution in [0.2, 0.25) is 0 Å². The summed E-state index contributed by atoms with van der Waals surface area (Å²) in [6.45, 7) is 3.06. The van der Waals surface area contributed by atoms with Crippen molar-refractivity contribution < 1.29 is 19.7 Å². The highest BCUT2D eigenvalue weighted by atomic mass is 16.7. The van der Waals surface area contributed by atoms with Crippen LogP contribution in [-0.2, 0) is 9.47 Å². The number of ether oxygens (including phenoxy) is 2. The van der Waals surface area contributed by atoms with Crippen LogP contribution in [0.5, 0.6) is 0 Å². The van der Waals surface area contributed by atoms with Gasteiger partial charge >= 0.3 is 0 Å². The molecule has 0 bridgehead atoms. The van der Waals surface area contributed by atoms with Crippen LogP contribution >= 0.6 is 0 Å². The summed E-state index contributed by atoms with van der Waals surface area (Å²) >= 11 is 0. The van der Waals surface area contributed by atoms with Gasteiger partial charge in [-0.15, -0.1) is 0 Å². The zero-order valence-corrected chi connectivity index (χ0v) is 9.69. The predicted octanol–water partition coefficient (Wildman–Crippen LogP) is 0.661. The van der Waals surface area contributed by atoms with Crippen molar-refractivity contribution in [2.45, 2.75) is 50.1 Å². The van der Waals surface area contributed by atoms with Crippen LogP contribution in [0.4, 0.5) is 0 Å². The molecule has 0 aromatic rings. The standard InChI is InChI=1S/C12H20O4/c1-11(14)7-8-2-3-12(15-4-5-16-12)9(8)6-10(11)13/h8-10,13-14H,2-7H2,1H3/t8-,9+,10+,11-/m0/s1. The lowest BCUT2D eigenvalue weighted by molar-refractivity contribution is -0.214. The molecule has 3 aliphatic rings. The van der Waals surface area contributed by atoms with Crippen molar-refractivity contribution in [3.8, 4) is 0 Å². The number of aliphatic hydroxyl groups excluding tert-OH is 1. The summed E-state index contributed by atoms with van der Waals surface area (Å²) in [5.74, 6) is 0.240. The normalized spacial score (nSPS) is 50.8. The first kappa shape index (κ1) is 11.0. The van der Waals surface area contributed by atoms with Crippen LogP contribution in [0.1, 0.15) is 32.6 Å². The fourth-order valence-electron chi connectivity index (χ4n) is 3.74. The Morgan fingerprint density at radius 1 is 1.25 bits per heavy atom. The number of aliphatic hydroxyl groups is 2. The molecule has 1 heterocycles. The lowest BCUT2D eigenvalue weighted by Gasteiger charge is -2.43. The molecule has 3 fully saturated rings. The first-order valence-corrected chi connectivity index (χ1v) is 6.22. The van der Waals surface area contributed by atoms with Crippen LogP contribution in [0.3, 0.4) is 0 Å². The van der Waals surface area contributed by atoms with Gasteiger partial charge in [0.1, 0.15) is 0 Å². The zero-order chi connectivity index (χ0) is 11.4. The van der Waals surface area contributed by atoms with E-state index in [2.05, 4.69) is 0 Å². The van der Waals surface area contributed by atoms with Crippen molar-refractivity contribution in [1.29, 1.82) is 0 Å². The van der Waals surface area contributed by atoms with Gasteiger partial charge in [0, 0.05) is 12.3 Å². The second kappa shape index (κ2) is 3.42. The first-order chi connectivity index (χ1) is 7.54. The molecule has 0 aromatic carbocycles. The second-order valence-corrected chi connectivity index (χ2v) is 5.73. The van der Waals surface area contributed by atoms with Crippen LogP contribution < -0.4 is 0 Å². The average Bonchev–Trinajstić information content (AvgIpc) is 2.80. The van der Waals surface area contributed by atoms with Gasteiger partial charge in [-0.05, 0) is 32.1 Å². The van der Waals surface area contributed by atoms with Gasteiger partial charge in [-0.1, -0.05) is 0 Å². The molecule has 1 aliphatic heterocycles. The van der Waals surface area contributed by atoms with Gasteiger partial charge in [0.05, 0.1) is 24.9 Å². The highest BCUT2D eigenvalue weighted by Crippen LogP contribution is 2.53. The Bertz CT molecular complexity index is 283. The van der Waals surface area contributed by atoms with Gasteiger partial charge in [-0.3, -0.25) is 0 Å². The Morgan fingerprint density at radius 3 is 2.62 bits per heavy atom. The molecule has 1 spiro atoms. The molecule has 2 N–H and O–H groups in total. The Balaban J connectivity index is 1.82. The molecule has 16 heavy (non-hydrogen) atoms. The summed E-state index contributed by atoms with van der Waals surface area (Å²) in [6.07, 6.45) is 2.54. The van der Waals surface area contributed by atoms with Crippen LogP contribution in [0.25, 0.3) is 0 Å². The highest BCUT2D eigenvalue weighted by Gasteiger charge is 2.58. The fraction of sp³-hybridized carbons (Fsp3) is 1.00. The summed E-state index contributed by atoms with van der Waals surface area (Å²) in [7, 11) is 0. The van der Waals surface area contributed by atoms with Crippen LogP contribution in [0.15, 0.2) is 0 Å². The van der Waals surface area contributed by atoms with Crippen molar-refractivity contribution in [3.63, 3.8) is 0 Å². The second-order valence-electron chi connectivity index (χ2n) is 5.73. The van der Waals surface area contributed by atoms with E-state index in [4.69, 9.17) is 9.47 Å². The molecule has 2 aliphatic carbocycles. The molecule has 4 heteroatoms. The monoisotopic (exact) mass is 228 g/mol. The van der Waals surface area contributed by atoms with Gasteiger partial charge in [0.25, 0.3) is 0 Å². The molecule has 92 valence electrons. The molecule has 0 radical (unpaired) electrons. The zero-order valence-electron chi connectivity index (χ0n) is 9.69. The lowest BCUT2D eigenvalue weighted by Crippen LogP contribution is -2.51. The molecular weight excluding hydrogens is 208 g/mol. The minimum absolute atomic E-state index is 0.255. The molecule has 3 rings (SSSR count). The van der Waals surface area contributed by atoms with Crippen molar-refractivity contribution in [1.82, 2.24) is 0 Å². The number of rotatable bonds is 0. The van der Waals surface area contributed by atoms with Crippen molar-refractivity contribution >= 4 is 0 Å². The van der Waals surface area contributed by atoms with E-state index in [1.807, 2.05) is 0 Å². The van der Waals surface area contributed by atoms with E-state index in [1.54, 1.807) is 6.92 Å². The Labute approximate surface area is 95.6 Å². The fourth-order valence-corrected chi connectivity index (χ4v) is 3.74. The Hall–Kier alpha value is -0.160. The van der Waals surface area contributed by atoms with Crippen molar-refractivity contribution in [2.24, 2.45) is 11.8 Å². The van der Waals surface area contributed by atoms with E-state index >= 15 is 0 Å². The maximum absolute atomic E-state index is 10.1. The minimum Gasteiger partial charge on any atom is -0.390 e. The number of fused-ring (bicyclic) bond motifs is 2.